The van der Waals surface area contributed by atoms with Gasteiger partial charge in [-0.05, 0) is 12.1 Å². The fraction of sp³-hybridized carbons (Fsp3) is 0. The van der Waals surface area contributed by atoms with Gasteiger partial charge in [-0.3, -0.25) is 35.4 Å². The molecule has 0 aliphatic rings. The fourth-order valence-electron chi connectivity index (χ4n) is 2.40. The van der Waals surface area contributed by atoms with Gasteiger partial charge in [0.1, 0.15) is 0 Å². The van der Waals surface area contributed by atoms with E-state index in [1.165, 1.54) is 30.3 Å². The molecule has 0 radical (unpaired) electrons. The summed E-state index contributed by atoms with van der Waals surface area (Å²) in [5.41, 5.74) is 0.196. The predicted octanol–water partition coefficient (Wildman–Crippen LogP) is 3.47. The number of nitro benzene ring substituents is 3. The molecular weight excluding hydrogens is 346 g/mol. The summed E-state index contributed by atoms with van der Waals surface area (Å²) in [6, 6.07) is 10.5. The molecule has 0 saturated carbocycles. The van der Waals surface area contributed by atoms with Crippen LogP contribution in [0.4, 0.5) is 17.1 Å². The van der Waals surface area contributed by atoms with E-state index in [-0.39, 0.29) is 16.9 Å². The maximum absolute atomic E-state index is 11.2. The Labute approximate surface area is 144 Å². The monoisotopic (exact) mass is 355 g/mol. The summed E-state index contributed by atoms with van der Waals surface area (Å²) in [7, 11) is 0. The summed E-state index contributed by atoms with van der Waals surface area (Å²) in [4.78, 5) is 30.9. The van der Waals surface area contributed by atoms with Crippen molar-refractivity contribution in [3.63, 3.8) is 0 Å². The van der Waals surface area contributed by atoms with Crippen molar-refractivity contribution in [2.24, 2.45) is 0 Å². The Balaban J connectivity index is 2.05. The minimum atomic E-state index is -0.726. The van der Waals surface area contributed by atoms with E-state index in [4.69, 9.17) is 0 Å². The topological polar surface area (TPSA) is 158 Å². The molecule has 0 unspecified atom stereocenters. The first kappa shape index (κ1) is 16.7. The average Bonchev–Trinajstić information content (AvgIpc) is 3.11. The Hall–Kier alpha value is -4.15. The van der Waals surface area contributed by atoms with Gasteiger partial charge in [-0.25, -0.2) is 0 Å². The number of benzene rings is 2. The van der Waals surface area contributed by atoms with E-state index in [1.807, 2.05) is 0 Å². The summed E-state index contributed by atoms with van der Waals surface area (Å²) in [5, 5.41) is 39.5. The van der Waals surface area contributed by atoms with Crippen LogP contribution in [0.1, 0.15) is 0 Å². The summed E-state index contributed by atoms with van der Waals surface area (Å²) < 4.78 is 0. The smallest absolute Gasteiger partial charge is 0.277 e. The third-order valence-corrected chi connectivity index (χ3v) is 3.61. The number of aromatic nitrogens is 2. The number of aromatic amines is 1. The summed E-state index contributed by atoms with van der Waals surface area (Å²) in [6.45, 7) is 0. The number of nitro groups is 3. The van der Waals surface area contributed by atoms with Gasteiger partial charge in [0.15, 0.2) is 0 Å². The quantitative estimate of drug-likeness (QED) is 0.542. The number of nitrogens with one attached hydrogen (secondary N) is 1. The van der Waals surface area contributed by atoms with Crippen LogP contribution in [0.25, 0.3) is 22.5 Å². The lowest BCUT2D eigenvalue weighted by molar-refractivity contribution is -0.393. The zero-order valence-corrected chi connectivity index (χ0v) is 12.9. The standard InChI is InChI=1S/C15H9N5O6/c21-18(22)10-3-1-2-9(6-10)13-8-14(17-16-13)12-5-4-11(19(23)24)7-15(12)20(25)26/h1-8H,(H,16,17). The molecule has 0 aliphatic heterocycles. The van der Waals surface area contributed by atoms with Crippen molar-refractivity contribution < 1.29 is 14.8 Å². The normalized spacial score (nSPS) is 10.5. The van der Waals surface area contributed by atoms with E-state index >= 15 is 0 Å². The molecule has 2 aromatic carbocycles. The Kier molecular flexibility index (Phi) is 4.11. The Morgan fingerprint density at radius 2 is 1.50 bits per heavy atom. The first-order valence-corrected chi connectivity index (χ1v) is 7.10. The van der Waals surface area contributed by atoms with Gasteiger partial charge in [0.05, 0.1) is 37.8 Å². The van der Waals surface area contributed by atoms with Gasteiger partial charge in [-0.1, -0.05) is 12.1 Å². The molecule has 0 bridgehead atoms. The molecule has 26 heavy (non-hydrogen) atoms. The molecule has 0 fully saturated rings. The maximum atomic E-state index is 11.2. The third-order valence-electron chi connectivity index (χ3n) is 3.61. The van der Waals surface area contributed by atoms with Crippen molar-refractivity contribution in [3.05, 3.63) is 78.9 Å². The van der Waals surface area contributed by atoms with Crippen molar-refractivity contribution in [2.45, 2.75) is 0 Å². The van der Waals surface area contributed by atoms with Gasteiger partial charge < -0.3 is 0 Å². The highest BCUT2D eigenvalue weighted by Crippen LogP contribution is 2.34. The third kappa shape index (κ3) is 3.08. The van der Waals surface area contributed by atoms with Crippen LogP contribution in [0.15, 0.2) is 48.5 Å². The van der Waals surface area contributed by atoms with Gasteiger partial charge >= 0.3 is 0 Å². The van der Waals surface area contributed by atoms with Gasteiger partial charge in [0, 0.05) is 23.8 Å². The van der Waals surface area contributed by atoms with Crippen molar-refractivity contribution in [3.8, 4) is 22.5 Å². The van der Waals surface area contributed by atoms with Gasteiger partial charge in [-0.2, -0.15) is 5.10 Å². The highest BCUT2D eigenvalue weighted by molar-refractivity contribution is 5.76. The molecule has 3 aromatic rings. The lowest BCUT2D eigenvalue weighted by Gasteiger charge is -2.00. The van der Waals surface area contributed by atoms with E-state index in [0.29, 0.717) is 11.3 Å². The van der Waals surface area contributed by atoms with Crippen molar-refractivity contribution in [2.75, 3.05) is 0 Å². The molecule has 0 aliphatic carbocycles. The Bertz CT molecular complexity index is 1040. The van der Waals surface area contributed by atoms with Crippen LogP contribution in [-0.4, -0.2) is 25.0 Å². The van der Waals surface area contributed by atoms with Crippen LogP contribution in [0.5, 0.6) is 0 Å². The largest absolute Gasteiger partial charge is 0.285 e. The summed E-state index contributed by atoms with van der Waals surface area (Å²) in [6.07, 6.45) is 0. The van der Waals surface area contributed by atoms with Crippen LogP contribution >= 0.6 is 0 Å². The van der Waals surface area contributed by atoms with Crippen LogP contribution in [-0.2, 0) is 0 Å². The Morgan fingerprint density at radius 3 is 2.15 bits per heavy atom. The van der Waals surface area contributed by atoms with E-state index in [1.54, 1.807) is 6.07 Å². The van der Waals surface area contributed by atoms with Crippen LogP contribution in [0.3, 0.4) is 0 Å². The molecule has 130 valence electrons. The van der Waals surface area contributed by atoms with Crippen LogP contribution in [0.2, 0.25) is 0 Å². The molecule has 0 spiro atoms. The molecule has 1 N–H and O–H groups in total. The zero-order valence-electron chi connectivity index (χ0n) is 12.9. The second-order valence-electron chi connectivity index (χ2n) is 5.19. The highest BCUT2D eigenvalue weighted by atomic mass is 16.6. The van der Waals surface area contributed by atoms with E-state index in [9.17, 15) is 30.3 Å². The number of nitrogens with zero attached hydrogens (tertiary/aromatic N) is 4. The van der Waals surface area contributed by atoms with Gasteiger partial charge in [0.25, 0.3) is 17.1 Å². The number of rotatable bonds is 5. The first-order chi connectivity index (χ1) is 12.4. The maximum Gasteiger partial charge on any atom is 0.285 e. The first-order valence-electron chi connectivity index (χ1n) is 7.10. The SMILES string of the molecule is O=[N+]([O-])c1cccc(-c2cc(-c3ccc([N+](=O)[O-])cc3[N+](=O)[O-])[nH]n2)c1. The summed E-state index contributed by atoms with van der Waals surface area (Å²) in [5.74, 6) is 0. The predicted molar refractivity (Wildman–Crippen MR) is 89.4 cm³/mol. The molecule has 0 saturated heterocycles. The number of hydrogen-bond acceptors (Lipinski definition) is 7. The number of hydrogen-bond donors (Lipinski definition) is 1. The Morgan fingerprint density at radius 1 is 0.808 bits per heavy atom. The van der Waals surface area contributed by atoms with Crippen molar-refractivity contribution >= 4 is 17.1 Å². The van der Waals surface area contributed by atoms with Crippen molar-refractivity contribution in [1.82, 2.24) is 10.2 Å². The van der Waals surface area contributed by atoms with E-state index in [2.05, 4.69) is 10.2 Å². The highest BCUT2D eigenvalue weighted by Gasteiger charge is 2.22. The zero-order chi connectivity index (χ0) is 18.8. The van der Waals surface area contributed by atoms with Crippen LogP contribution in [0, 0.1) is 30.3 Å². The van der Waals surface area contributed by atoms with Gasteiger partial charge in [0.2, 0.25) is 0 Å². The lowest BCUT2D eigenvalue weighted by Crippen LogP contribution is -1.95. The second kappa shape index (κ2) is 6.39. The lowest BCUT2D eigenvalue weighted by atomic mass is 10.1. The number of H-pyrrole nitrogens is 1. The minimum absolute atomic E-state index is 0.116. The average molecular weight is 355 g/mol. The van der Waals surface area contributed by atoms with E-state index < -0.39 is 26.1 Å². The number of non-ortho nitro benzene ring substituents is 2. The molecular formula is C15H9N5O6. The summed E-state index contributed by atoms with van der Waals surface area (Å²) >= 11 is 0. The molecule has 11 nitrogen and oxygen atoms in total. The second-order valence-corrected chi connectivity index (χ2v) is 5.19. The molecule has 1 heterocycles. The molecule has 11 heteroatoms. The fourth-order valence-corrected chi connectivity index (χ4v) is 2.40. The van der Waals surface area contributed by atoms with Crippen LogP contribution < -0.4 is 0 Å². The molecule has 1 aromatic heterocycles. The van der Waals surface area contributed by atoms with Gasteiger partial charge in [-0.15, -0.1) is 0 Å². The molecule has 0 atom stereocenters. The molecule has 0 amide bonds. The van der Waals surface area contributed by atoms with E-state index in [0.717, 1.165) is 12.1 Å². The van der Waals surface area contributed by atoms with Crippen molar-refractivity contribution in [1.29, 1.82) is 0 Å². The minimum Gasteiger partial charge on any atom is -0.277 e. The molecule has 3 rings (SSSR count).